The van der Waals surface area contributed by atoms with Crippen LogP contribution < -0.4 is 11.1 Å². The van der Waals surface area contributed by atoms with Gasteiger partial charge in [0.25, 0.3) is 0 Å². The number of carbonyl (C=O) groups excluding carboxylic acids is 1. The van der Waals surface area contributed by atoms with Crippen LogP contribution in [0.2, 0.25) is 0 Å². The average Bonchev–Trinajstić information content (AvgIpc) is 2.20. The van der Waals surface area contributed by atoms with Crippen LogP contribution in [0.4, 0.5) is 15.8 Å². The van der Waals surface area contributed by atoms with E-state index in [0.717, 1.165) is 6.54 Å². The highest BCUT2D eigenvalue weighted by atomic mass is 19.1. The van der Waals surface area contributed by atoms with Gasteiger partial charge in [0.1, 0.15) is 5.82 Å². The molecular weight excluding hydrogens is 245 g/mol. The summed E-state index contributed by atoms with van der Waals surface area (Å²) in [5.41, 5.74) is 6.11. The van der Waals surface area contributed by atoms with E-state index in [0.29, 0.717) is 5.69 Å². The third kappa shape index (κ3) is 5.70. The summed E-state index contributed by atoms with van der Waals surface area (Å²) in [7, 11) is 1.89. The van der Waals surface area contributed by atoms with Crippen LogP contribution in [-0.2, 0) is 4.79 Å². The van der Waals surface area contributed by atoms with Crippen molar-refractivity contribution in [3.63, 3.8) is 0 Å². The minimum Gasteiger partial charge on any atom is -0.396 e. The van der Waals surface area contributed by atoms with Gasteiger partial charge in [0.2, 0.25) is 5.91 Å². The molecule has 0 saturated carbocycles. The predicted octanol–water partition coefficient (Wildman–Crippen LogP) is 2.32. The summed E-state index contributed by atoms with van der Waals surface area (Å²) in [5.74, 6) is -0.624. The Bertz CT molecular complexity index is 454. The van der Waals surface area contributed by atoms with Crippen LogP contribution in [0, 0.1) is 11.2 Å². The van der Waals surface area contributed by atoms with Gasteiger partial charge >= 0.3 is 0 Å². The number of anilines is 2. The minimum absolute atomic E-state index is 0.0286. The molecule has 0 radical (unpaired) electrons. The molecule has 4 nitrogen and oxygen atoms in total. The number of rotatable bonds is 4. The third-order valence-electron chi connectivity index (χ3n) is 2.44. The van der Waals surface area contributed by atoms with Crippen LogP contribution in [0.25, 0.3) is 0 Å². The Balaban J connectivity index is 2.53. The van der Waals surface area contributed by atoms with Crippen LogP contribution in [-0.4, -0.2) is 30.9 Å². The average molecular weight is 267 g/mol. The van der Waals surface area contributed by atoms with Gasteiger partial charge in [-0.05, 0) is 30.7 Å². The highest BCUT2D eigenvalue weighted by Gasteiger charge is 2.15. The molecule has 0 saturated heterocycles. The lowest BCUT2D eigenvalue weighted by atomic mass is 9.96. The van der Waals surface area contributed by atoms with E-state index < -0.39 is 5.82 Å². The number of hydrogen-bond donors (Lipinski definition) is 2. The lowest BCUT2D eigenvalue weighted by molar-refractivity contribution is -0.117. The molecule has 0 unspecified atom stereocenters. The Kier molecular flexibility index (Phi) is 4.89. The number of likely N-dealkylation sites (N-methyl/N-ethyl adjacent to an activating group) is 1. The number of nitrogens with one attached hydrogen (secondary N) is 1. The fourth-order valence-corrected chi connectivity index (χ4v) is 1.93. The van der Waals surface area contributed by atoms with E-state index in [4.69, 9.17) is 5.73 Å². The molecule has 0 aliphatic heterocycles. The molecule has 0 aliphatic rings. The van der Waals surface area contributed by atoms with Crippen LogP contribution in [0.1, 0.15) is 20.8 Å². The van der Waals surface area contributed by atoms with E-state index in [1.165, 1.54) is 18.2 Å². The molecule has 1 aromatic rings. The monoisotopic (exact) mass is 267 g/mol. The normalized spacial score (nSPS) is 11.7. The first kappa shape index (κ1) is 15.4. The Labute approximate surface area is 113 Å². The number of nitrogen functional groups attached to an aromatic ring is 1. The largest absolute Gasteiger partial charge is 0.396 e. The van der Waals surface area contributed by atoms with Crippen molar-refractivity contribution in [1.82, 2.24) is 4.90 Å². The molecular formula is C14H22FN3O. The van der Waals surface area contributed by atoms with Gasteiger partial charge in [-0.3, -0.25) is 9.69 Å². The first-order valence-electron chi connectivity index (χ1n) is 6.21. The van der Waals surface area contributed by atoms with E-state index in [1.54, 1.807) is 0 Å². The lowest BCUT2D eigenvalue weighted by Gasteiger charge is -2.25. The summed E-state index contributed by atoms with van der Waals surface area (Å²) in [6.07, 6.45) is 0. The van der Waals surface area contributed by atoms with Crippen LogP contribution >= 0.6 is 0 Å². The molecule has 19 heavy (non-hydrogen) atoms. The zero-order chi connectivity index (χ0) is 14.6. The molecule has 106 valence electrons. The summed E-state index contributed by atoms with van der Waals surface area (Å²) in [5, 5.41) is 2.70. The van der Waals surface area contributed by atoms with Gasteiger partial charge < -0.3 is 11.1 Å². The highest BCUT2D eigenvalue weighted by Crippen LogP contribution is 2.17. The molecule has 0 atom stereocenters. The highest BCUT2D eigenvalue weighted by molar-refractivity contribution is 5.92. The van der Waals surface area contributed by atoms with E-state index in [1.807, 2.05) is 11.9 Å². The van der Waals surface area contributed by atoms with Crippen molar-refractivity contribution in [3.8, 4) is 0 Å². The molecule has 0 fully saturated rings. The number of hydrogen-bond acceptors (Lipinski definition) is 3. The lowest BCUT2D eigenvalue weighted by Crippen LogP contribution is -2.35. The van der Waals surface area contributed by atoms with Crippen molar-refractivity contribution in [2.24, 2.45) is 5.41 Å². The van der Waals surface area contributed by atoms with Crippen molar-refractivity contribution in [3.05, 3.63) is 24.0 Å². The van der Waals surface area contributed by atoms with E-state index in [9.17, 15) is 9.18 Å². The number of nitrogens with zero attached hydrogens (tertiary/aromatic N) is 1. The number of benzene rings is 1. The maximum absolute atomic E-state index is 13.0. The quantitative estimate of drug-likeness (QED) is 0.823. The van der Waals surface area contributed by atoms with Gasteiger partial charge in [0, 0.05) is 12.2 Å². The second-order valence-corrected chi connectivity index (χ2v) is 6.02. The molecule has 0 aromatic heterocycles. The van der Waals surface area contributed by atoms with Gasteiger partial charge in [-0.25, -0.2) is 4.39 Å². The Morgan fingerprint density at radius 1 is 1.42 bits per heavy atom. The fraction of sp³-hybridized carbons (Fsp3) is 0.500. The molecule has 1 amide bonds. The van der Waals surface area contributed by atoms with Gasteiger partial charge in [-0.15, -0.1) is 0 Å². The molecule has 0 aliphatic carbocycles. The van der Waals surface area contributed by atoms with Crippen molar-refractivity contribution >= 4 is 17.3 Å². The van der Waals surface area contributed by atoms with Crippen molar-refractivity contribution in [2.75, 3.05) is 31.2 Å². The SMILES string of the molecule is CN(CC(=O)Nc1ccc(F)c(N)c1)CC(C)(C)C. The standard InChI is InChI=1S/C14H22FN3O/c1-14(2,3)9-18(4)8-13(19)17-10-5-6-11(15)12(16)7-10/h5-7H,8-9,16H2,1-4H3,(H,17,19). The first-order valence-corrected chi connectivity index (χ1v) is 6.21. The summed E-state index contributed by atoms with van der Waals surface area (Å²) < 4.78 is 13.0. The fourth-order valence-electron chi connectivity index (χ4n) is 1.93. The smallest absolute Gasteiger partial charge is 0.238 e. The number of amides is 1. The molecule has 1 rings (SSSR count). The molecule has 3 N–H and O–H groups in total. The third-order valence-corrected chi connectivity index (χ3v) is 2.44. The molecule has 1 aromatic carbocycles. The predicted molar refractivity (Wildman–Crippen MR) is 76.4 cm³/mol. The van der Waals surface area contributed by atoms with Crippen molar-refractivity contribution in [2.45, 2.75) is 20.8 Å². The Hall–Kier alpha value is -1.62. The summed E-state index contributed by atoms with van der Waals surface area (Å²) in [6.45, 7) is 7.44. The maximum atomic E-state index is 13.0. The van der Waals surface area contributed by atoms with Crippen molar-refractivity contribution < 1.29 is 9.18 Å². The van der Waals surface area contributed by atoms with E-state index >= 15 is 0 Å². The number of carbonyl (C=O) groups is 1. The first-order chi connectivity index (χ1) is 8.67. The zero-order valence-corrected chi connectivity index (χ0v) is 12.0. The van der Waals surface area contributed by atoms with Gasteiger partial charge in [0.05, 0.1) is 12.2 Å². The van der Waals surface area contributed by atoms with Crippen LogP contribution in [0.5, 0.6) is 0 Å². The minimum atomic E-state index is -0.483. The molecule has 0 bridgehead atoms. The Morgan fingerprint density at radius 3 is 2.58 bits per heavy atom. The second-order valence-electron chi connectivity index (χ2n) is 6.02. The number of halogens is 1. The number of nitrogens with two attached hydrogens (primary N) is 1. The zero-order valence-electron chi connectivity index (χ0n) is 12.0. The van der Waals surface area contributed by atoms with Crippen molar-refractivity contribution in [1.29, 1.82) is 0 Å². The molecule has 0 heterocycles. The summed E-state index contributed by atoms with van der Waals surface area (Å²) in [4.78, 5) is 13.8. The van der Waals surface area contributed by atoms with Gasteiger partial charge in [-0.1, -0.05) is 20.8 Å². The Morgan fingerprint density at radius 2 is 2.05 bits per heavy atom. The second kappa shape index (κ2) is 6.02. The molecule has 0 spiro atoms. The topological polar surface area (TPSA) is 58.4 Å². The maximum Gasteiger partial charge on any atom is 0.238 e. The van der Waals surface area contributed by atoms with E-state index in [2.05, 4.69) is 26.1 Å². The van der Waals surface area contributed by atoms with Crippen LogP contribution in [0.3, 0.4) is 0 Å². The summed E-state index contributed by atoms with van der Waals surface area (Å²) in [6, 6.07) is 4.15. The van der Waals surface area contributed by atoms with Gasteiger partial charge in [-0.2, -0.15) is 0 Å². The summed E-state index contributed by atoms with van der Waals surface area (Å²) >= 11 is 0. The molecule has 5 heteroatoms. The van der Waals surface area contributed by atoms with E-state index in [-0.39, 0.29) is 23.6 Å². The van der Waals surface area contributed by atoms with Crippen LogP contribution in [0.15, 0.2) is 18.2 Å². The van der Waals surface area contributed by atoms with Gasteiger partial charge in [0.15, 0.2) is 0 Å².